The zero-order chi connectivity index (χ0) is 15.1. The van der Waals surface area contributed by atoms with E-state index >= 15 is 0 Å². The Kier molecular flexibility index (Phi) is 2.25. The van der Waals surface area contributed by atoms with Gasteiger partial charge in [-0.2, -0.15) is 0 Å². The van der Waals surface area contributed by atoms with Crippen LogP contribution in [-0.2, 0) is 4.79 Å². The lowest BCUT2D eigenvalue weighted by Gasteiger charge is -2.58. The van der Waals surface area contributed by atoms with Crippen LogP contribution in [0.5, 0.6) is 11.5 Å². The van der Waals surface area contributed by atoms with Gasteiger partial charge >= 0.3 is 0 Å². The number of Topliss-reactive ketones (excluding diaryl/α,β-unsaturated/α-hetero) is 1. The number of benzene rings is 1. The van der Waals surface area contributed by atoms with Crippen molar-refractivity contribution >= 4 is 5.78 Å². The molecule has 4 fully saturated rings. The highest BCUT2D eigenvalue weighted by molar-refractivity contribution is 5.91. The van der Waals surface area contributed by atoms with Crippen LogP contribution in [-0.4, -0.2) is 38.8 Å². The summed E-state index contributed by atoms with van der Waals surface area (Å²) in [5.41, 5.74) is 1.04. The number of fused-ring (bicyclic) bond motifs is 1. The van der Waals surface area contributed by atoms with Crippen molar-refractivity contribution < 1.29 is 24.1 Å². The molecular weight excluding hydrogens is 280 g/mol. The van der Waals surface area contributed by atoms with Crippen molar-refractivity contribution in [2.24, 2.45) is 10.8 Å². The number of nitrogens with one attached hydrogen (secondary N) is 2. The summed E-state index contributed by atoms with van der Waals surface area (Å²) in [6, 6.07) is 6.34. The highest BCUT2D eigenvalue weighted by Gasteiger charge is 2.68. The molecule has 6 rings (SSSR count). The monoisotopic (exact) mass is 302 g/mol. The van der Waals surface area contributed by atoms with Gasteiger partial charge in [-0.05, 0) is 32.0 Å². The van der Waals surface area contributed by atoms with Crippen LogP contribution in [0, 0.1) is 10.8 Å². The van der Waals surface area contributed by atoms with E-state index in [-0.39, 0.29) is 10.8 Å². The quantitative estimate of drug-likeness (QED) is 0.685. The van der Waals surface area contributed by atoms with E-state index in [2.05, 4.69) is 26.0 Å². The second-order valence-electron chi connectivity index (χ2n) is 8.02. The van der Waals surface area contributed by atoms with Gasteiger partial charge in [0.2, 0.25) is 13.0 Å². The number of hydrogen-bond donors (Lipinski definition) is 2. The number of ketones is 1. The number of hydrogen-bond acceptors (Lipinski definition) is 3. The van der Waals surface area contributed by atoms with Crippen molar-refractivity contribution in [1.29, 1.82) is 0 Å². The molecule has 116 valence electrons. The van der Waals surface area contributed by atoms with Crippen molar-refractivity contribution in [3.8, 4) is 11.5 Å². The van der Waals surface area contributed by atoms with Gasteiger partial charge in [0.25, 0.3) is 0 Å². The van der Waals surface area contributed by atoms with E-state index in [4.69, 9.17) is 9.47 Å². The molecule has 5 aliphatic rings. The first kappa shape index (κ1) is 12.9. The third kappa shape index (κ3) is 1.48. The molecule has 5 aliphatic heterocycles. The van der Waals surface area contributed by atoms with E-state index in [1.807, 2.05) is 6.07 Å². The summed E-state index contributed by atoms with van der Waals surface area (Å²) in [5.74, 6) is 2.20. The summed E-state index contributed by atoms with van der Waals surface area (Å²) in [4.78, 5) is 15.9. The predicted molar refractivity (Wildman–Crippen MR) is 77.9 cm³/mol. The van der Waals surface area contributed by atoms with E-state index in [0.717, 1.165) is 37.7 Å². The van der Waals surface area contributed by atoms with Crippen LogP contribution in [0.4, 0.5) is 0 Å². The number of carbonyl (C=O) groups excluding carboxylic acids is 1. The SMILES string of the molecule is CC12C[NH+]3CC(C)(C[NH+](C1)C3c1ccc3c(c1)OCO3)C2=O. The summed E-state index contributed by atoms with van der Waals surface area (Å²) in [6.45, 7) is 8.51. The van der Waals surface area contributed by atoms with Crippen LogP contribution in [0.1, 0.15) is 25.6 Å². The lowest BCUT2D eigenvalue weighted by molar-refractivity contribution is -1.18. The molecule has 0 aliphatic carbocycles. The number of ether oxygens (including phenoxy) is 2. The Morgan fingerprint density at radius 3 is 2.23 bits per heavy atom. The van der Waals surface area contributed by atoms with E-state index in [1.165, 1.54) is 5.56 Å². The molecule has 0 unspecified atom stereocenters. The Balaban J connectivity index is 1.55. The molecule has 0 amide bonds. The van der Waals surface area contributed by atoms with Crippen LogP contribution in [0.2, 0.25) is 0 Å². The largest absolute Gasteiger partial charge is 0.454 e. The molecule has 5 nitrogen and oxygen atoms in total. The first-order valence-corrected chi connectivity index (χ1v) is 8.12. The maximum Gasteiger partial charge on any atom is 0.240 e. The average Bonchev–Trinajstić information content (AvgIpc) is 2.91. The minimum absolute atomic E-state index is 0.136. The van der Waals surface area contributed by atoms with Crippen LogP contribution in [0.3, 0.4) is 0 Å². The fourth-order valence-corrected chi connectivity index (χ4v) is 5.57. The number of rotatable bonds is 1. The molecule has 1 aromatic rings. The molecular formula is C17H22N2O3+2. The number of quaternary nitrogens is 2. The summed E-state index contributed by atoms with van der Waals surface area (Å²) >= 11 is 0. The number of piperidine rings is 2. The zero-order valence-corrected chi connectivity index (χ0v) is 13.1. The molecule has 4 bridgehead atoms. The van der Waals surface area contributed by atoms with Gasteiger partial charge < -0.3 is 9.47 Å². The Morgan fingerprint density at radius 2 is 1.59 bits per heavy atom. The van der Waals surface area contributed by atoms with E-state index in [0.29, 0.717) is 18.7 Å². The minimum Gasteiger partial charge on any atom is -0.454 e. The molecule has 4 saturated heterocycles. The molecule has 0 spiro atoms. The first-order valence-electron chi connectivity index (χ1n) is 8.12. The van der Waals surface area contributed by atoms with Crippen molar-refractivity contribution in [2.75, 3.05) is 33.0 Å². The Labute approximate surface area is 129 Å². The lowest BCUT2D eigenvalue weighted by Crippen LogP contribution is -3.41. The summed E-state index contributed by atoms with van der Waals surface area (Å²) < 4.78 is 11.0. The van der Waals surface area contributed by atoms with Gasteiger partial charge in [-0.15, -0.1) is 0 Å². The summed E-state index contributed by atoms with van der Waals surface area (Å²) in [6.07, 6.45) is 0.420. The van der Waals surface area contributed by atoms with Crippen LogP contribution in [0.25, 0.3) is 0 Å². The smallest absolute Gasteiger partial charge is 0.240 e. The molecule has 1 aromatic carbocycles. The standard InChI is InChI=1S/C17H20N2O3/c1-16-6-18-8-17(2,15(16)20)9-19(7-16)14(18)11-3-4-12-13(5-11)22-10-21-12/h3-5,14H,6-10H2,1-2H3/p+2. The Morgan fingerprint density at radius 1 is 1.00 bits per heavy atom. The van der Waals surface area contributed by atoms with Crippen molar-refractivity contribution in [3.05, 3.63) is 23.8 Å². The van der Waals surface area contributed by atoms with Crippen molar-refractivity contribution in [3.63, 3.8) is 0 Å². The van der Waals surface area contributed by atoms with E-state index < -0.39 is 0 Å². The Hall–Kier alpha value is -1.59. The van der Waals surface area contributed by atoms with Gasteiger partial charge in [-0.25, -0.2) is 0 Å². The van der Waals surface area contributed by atoms with E-state index in [1.54, 1.807) is 9.80 Å². The molecule has 22 heavy (non-hydrogen) atoms. The topological polar surface area (TPSA) is 44.4 Å². The predicted octanol–water partition coefficient (Wildman–Crippen LogP) is -1.19. The van der Waals surface area contributed by atoms with Crippen molar-refractivity contribution in [2.45, 2.75) is 20.0 Å². The maximum absolute atomic E-state index is 12.8. The molecule has 5 heterocycles. The molecule has 0 radical (unpaired) electrons. The van der Waals surface area contributed by atoms with Gasteiger partial charge in [0.05, 0.1) is 31.7 Å². The third-order valence-electron chi connectivity index (χ3n) is 6.11. The van der Waals surface area contributed by atoms with Gasteiger partial charge in [0, 0.05) is 0 Å². The normalized spacial score (nSPS) is 44.6. The fourth-order valence-electron chi connectivity index (χ4n) is 5.57. The lowest BCUT2D eigenvalue weighted by atomic mass is 9.62. The van der Waals surface area contributed by atoms with Crippen LogP contribution >= 0.6 is 0 Å². The second-order valence-corrected chi connectivity index (χ2v) is 8.02. The highest BCUT2D eigenvalue weighted by atomic mass is 16.7. The van der Waals surface area contributed by atoms with Gasteiger partial charge in [0.15, 0.2) is 17.3 Å². The molecule has 2 N–H and O–H groups in total. The first-order chi connectivity index (χ1) is 10.5. The summed E-state index contributed by atoms with van der Waals surface area (Å²) in [7, 11) is 0. The van der Waals surface area contributed by atoms with Gasteiger partial charge in [-0.3, -0.25) is 14.6 Å². The van der Waals surface area contributed by atoms with Crippen molar-refractivity contribution in [1.82, 2.24) is 0 Å². The highest BCUT2D eigenvalue weighted by Crippen LogP contribution is 2.38. The Bertz CT molecular complexity index is 646. The molecule has 0 saturated carbocycles. The average molecular weight is 302 g/mol. The fraction of sp³-hybridized carbons (Fsp3) is 0.588. The van der Waals surface area contributed by atoms with Gasteiger partial charge in [-0.1, -0.05) is 0 Å². The molecule has 5 heteroatoms. The molecule has 0 aromatic heterocycles. The zero-order valence-electron chi connectivity index (χ0n) is 13.1. The maximum atomic E-state index is 12.8. The summed E-state index contributed by atoms with van der Waals surface area (Å²) in [5, 5.41) is 0. The second kappa shape index (κ2) is 3.84. The minimum atomic E-state index is -0.136. The molecule has 0 atom stereocenters. The third-order valence-corrected chi connectivity index (χ3v) is 6.11. The van der Waals surface area contributed by atoms with Gasteiger partial charge in [0.1, 0.15) is 10.8 Å². The van der Waals surface area contributed by atoms with Crippen LogP contribution < -0.4 is 19.3 Å². The van der Waals surface area contributed by atoms with Crippen LogP contribution in [0.15, 0.2) is 18.2 Å². The number of carbonyl (C=O) groups is 1. The van der Waals surface area contributed by atoms with E-state index in [9.17, 15) is 4.79 Å².